The Morgan fingerprint density at radius 1 is 0.921 bits per heavy atom. The van der Waals surface area contributed by atoms with Crippen molar-refractivity contribution in [1.29, 1.82) is 0 Å². The minimum Gasteiger partial charge on any atom is -0.481 e. The van der Waals surface area contributed by atoms with Gasteiger partial charge in [0.2, 0.25) is 23.6 Å². The molecule has 4 atom stereocenters. The van der Waals surface area contributed by atoms with Crippen molar-refractivity contribution in [3.8, 4) is 0 Å². The second kappa shape index (κ2) is 17.3. The van der Waals surface area contributed by atoms with E-state index in [4.69, 9.17) is 10.8 Å². The van der Waals surface area contributed by atoms with Crippen LogP contribution in [0.1, 0.15) is 65.2 Å². The number of carbonyl (C=O) groups is 6. The second-order valence-electron chi connectivity index (χ2n) is 9.79. The molecule has 0 aliphatic carbocycles. The van der Waals surface area contributed by atoms with Crippen LogP contribution in [0.25, 0.3) is 0 Å². The fourth-order valence-electron chi connectivity index (χ4n) is 3.98. The molecule has 0 aromatic carbocycles. The van der Waals surface area contributed by atoms with Crippen molar-refractivity contribution in [2.45, 2.75) is 89.4 Å². The lowest BCUT2D eigenvalue weighted by Crippen LogP contribution is -2.56. The van der Waals surface area contributed by atoms with Gasteiger partial charge in [0.05, 0.1) is 12.6 Å². The molecule has 0 radical (unpaired) electrons. The summed E-state index contributed by atoms with van der Waals surface area (Å²) in [5.41, 5.74) is 5.53. The van der Waals surface area contributed by atoms with Crippen molar-refractivity contribution in [2.75, 3.05) is 19.6 Å². The number of carboxylic acid groups (broad SMARTS) is 2. The third-order valence-electron chi connectivity index (χ3n) is 6.00. The zero-order valence-corrected chi connectivity index (χ0v) is 22.1. The first-order valence-corrected chi connectivity index (χ1v) is 13.0. The summed E-state index contributed by atoms with van der Waals surface area (Å²) in [6.45, 7) is 4.47. The minimum absolute atomic E-state index is 0.000237. The summed E-state index contributed by atoms with van der Waals surface area (Å²) in [7, 11) is 0. The van der Waals surface area contributed by atoms with Crippen LogP contribution in [0.2, 0.25) is 0 Å². The molecule has 14 nitrogen and oxygen atoms in total. The fourth-order valence-corrected chi connectivity index (χ4v) is 3.98. The summed E-state index contributed by atoms with van der Waals surface area (Å²) in [6.07, 6.45) is 2.19. The topological polar surface area (TPSA) is 229 Å². The average molecular weight is 543 g/mol. The van der Waals surface area contributed by atoms with Crippen molar-refractivity contribution in [2.24, 2.45) is 11.7 Å². The molecular formula is C24H42N6O8. The second-order valence-corrected chi connectivity index (χ2v) is 9.79. The van der Waals surface area contributed by atoms with Crippen molar-refractivity contribution >= 4 is 35.6 Å². The number of carbonyl (C=O) groups excluding carboxylic acids is 4. The van der Waals surface area contributed by atoms with Crippen LogP contribution >= 0.6 is 0 Å². The maximum Gasteiger partial charge on any atom is 0.326 e. The van der Waals surface area contributed by atoms with Crippen molar-refractivity contribution in [1.82, 2.24) is 26.6 Å². The van der Waals surface area contributed by atoms with Crippen molar-refractivity contribution in [3.63, 3.8) is 0 Å². The van der Waals surface area contributed by atoms with Gasteiger partial charge >= 0.3 is 11.9 Å². The predicted molar refractivity (Wildman–Crippen MR) is 137 cm³/mol. The Morgan fingerprint density at radius 2 is 1.58 bits per heavy atom. The lowest BCUT2D eigenvalue weighted by atomic mass is 10.0. The zero-order valence-electron chi connectivity index (χ0n) is 22.1. The van der Waals surface area contributed by atoms with Crippen LogP contribution in [-0.4, -0.2) is 89.6 Å². The molecule has 0 spiro atoms. The summed E-state index contributed by atoms with van der Waals surface area (Å²) >= 11 is 0. The molecule has 0 aromatic rings. The van der Waals surface area contributed by atoms with Crippen LogP contribution < -0.4 is 32.3 Å². The van der Waals surface area contributed by atoms with E-state index in [1.807, 2.05) is 13.8 Å². The van der Waals surface area contributed by atoms with Gasteiger partial charge in [0.1, 0.15) is 18.1 Å². The average Bonchev–Trinajstić information content (AvgIpc) is 3.38. The van der Waals surface area contributed by atoms with E-state index in [9.17, 15) is 33.9 Å². The van der Waals surface area contributed by atoms with E-state index >= 15 is 0 Å². The molecule has 1 aliphatic heterocycles. The van der Waals surface area contributed by atoms with E-state index in [0.29, 0.717) is 25.8 Å². The number of nitrogens with one attached hydrogen (secondary N) is 5. The van der Waals surface area contributed by atoms with Gasteiger partial charge in [-0.3, -0.25) is 24.0 Å². The molecular weight excluding hydrogens is 500 g/mol. The molecule has 1 aliphatic rings. The highest BCUT2D eigenvalue weighted by molar-refractivity contribution is 5.94. The monoisotopic (exact) mass is 542 g/mol. The van der Waals surface area contributed by atoms with Crippen LogP contribution in [0.5, 0.6) is 0 Å². The van der Waals surface area contributed by atoms with Crippen LogP contribution in [0.4, 0.5) is 0 Å². The summed E-state index contributed by atoms with van der Waals surface area (Å²) in [5, 5.41) is 31.3. The van der Waals surface area contributed by atoms with Gasteiger partial charge in [-0.1, -0.05) is 13.8 Å². The highest BCUT2D eigenvalue weighted by atomic mass is 16.4. The molecule has 14 heteroatoms. The first-order chi connectivity index (χ1) is 17.9. The highest BCUT2D eigenvalue weighted by Gasteiger charge is 2.30. The van der Waals surface area contributed by atoms with Crippen molar-refractivity contribution in [3.05, 3.63) is 0 Å². The van der Waals surface area contributed by atoms with Gasteiger partial charge in [0.15, 0.2) is 0 Å². The maximum absolute atomic E-state index is 13.1. The standard InChI is InChI=1S/C24H42N6O8/c1-14(2)12-18(28-19(31)13-27-21(34)15-7-5-11-26-15)23(36)29-16(6-3-4-10-25)22(35)30-17(24(37)38)8-9-20(32)33/h14-18,26H,3-13,25H2,1-2H3,(H,27,34)(H,28,31)(H,29,36)(H,30,35)(H,32,33)(H,37,38)/t15-,16-,17-,18-/m0/s1. The minimum atomic E-state index is -1.45. The SMILES string of the molecule is CC(C)C[C@H](NC(=O)CNC(=O)[C@@H]1CCCN1)C(=O)N[C@@H](CCCCN)C(=O)N[C@@H](CCC(=O)O)C(=O)O. The van der Waals surface area contributed by atoms with Crippen LogP contribution in [0.15, 0.2) is 0 Å². The zero-order chi connectivity index (χ0) is 28.7. The molecule has 1 saturated heterocycles. The van der Waals surface area contributed by atoms with Gasteiger partial charge in [-0.15, -0.1) is 0 Å². The smallest absolute Gasteiger partial charge is 0.326 e. The summed E-state index contributed by atoms with van der Waals surface area (Å²) in [6, 6.07) is -3.93. The first kappa shape index (κ1) is 32.8. The molecule has 1 heterocycles. The van der Waals surface area contributed by atoms with Gasteiger partial charge in [-0.05, 0) is 64.0 Å². The number of carboxylic acids is 2. The van der Waals surface area contributed by atoms with Gasteiger partial charge in [0.25, 0.3) is 0 Å². The number of unbranched alkanes of at least 4 members (excludes halogenated alkanes) is 1. The van der Waals surface area contributed by atoms with E-state index in [1.54, 1.807) is 0 Å². The quantitative estimate of drug-likeness (QED) is 0.0928. The molecule has 0 bridgehead atoms. The van der Waals surface area contributed by atoms with Gasteiger partial charge in [-0.25, -0.2) is 4.79 Å². The maximum atomic E-state index is 13.1. The molecule has 9 N–H and O–H groups in total. The number of amides is 4. The van der Waals surface area contributed by atoms with E-state index in [2.05, 4.69) is 26.6 Å². The molecule has 0 aromatic heterocycles. The van der Waals surface area contributed by atoms with E-state index < -0.39 is 54.2 Å². The Balaban J connectivity index is 2.85. The van der Waals surface area contributed by atoms with Gasteiger partial charge in [0, 0.05) is 6.42 Å². The Kier molecular flexibility index (Phi) is 14.9. The van der Waals surface area contributed by atoms with E-state index in [0.717, 1.165) is 13.0 Å². The number of nitrogens with two attached hydrogens (primary N) is 1. The highest BCUT2D eigenvalue weighted by Crippen LogP contribution is 2.09. The molecule has 4 amide bonds. The summed E-state index contributed by atoms with van der Waals surface area (Å²) in [4.78, 5) is 73.0. The number of hydrogen-bond acceptors (Lipinski definition) is 8. The third kappa shape index (κ3) is 12.8. The van der Waals surface area contributed by atoms with Gasteiger partial charge in [-0.2, -0.15) is 0 Å². The Bertz CT molecular complexity index is 831. The Morgan fingerprint density at radius 3 is 2.13 bits per heavy atom. The molecule has 216 valence electrons. The largest absolute Gasteiger partial charge is 0.481 e. The third-order valence-corrected chi connectivity index (χ3v) is 6.00. The molecule has 38 heavy (non-hydrogen) atoms. The van der Waals surface area contributed by atoms with Crippen LogP contribution in [0, 0.1) is 5.92 Å². The molecule has 0 saturated carbocycles. The van der Waals surface area contributed by atoms with E-state index in [1.165, 1.54) is 0 Å². The fraction of sp³-hybridized carbons (Fsp3) is 0.750. The molecule has 0 unspecified atom stereocenters. The first-order valence-electron chi connectivity index (χ1n) is 13.0. The van der Waals surface area contributed by atoms with Crippen LogP contribution in [0.3, 0.4) is 0 Å². The number of aliphatic carboxylic acids is 2. The number of rotatable bonds is 18. The number of hydrogen-bond donors (Lipinski definition) is 8. The van der Waals surface area contributed by atoms with Gasteiger partial charge < -0.3 is 42.5 Å². The Hall–Kier alpha value is -3.26. The summed E-state index contributed by atoms with van der Waals surface area (Å²) < 4.78 is 0. The molecule has 1 fully saturated rings. The Labute approximate surface area is 222 Å². The molecule has 1 rings (SSSR count). The normalized spacial score (nSPS) is 17.2. The van der Waals surface area contributed by atoms with Crippen LogP contribution in [-0.2, 0) is 28.8 Å². The van der Waals surface area contributed by atoms with E-state index in [-0.39, 0.29) is 43.7 Å². The lowest BCUT2D eigenvalue weighted by Gasteiger charge is -2.25. The summed E-state index contributed by atoms with van der Waals surface area (Å²) in [5.74, 6) is -4.89. The lowest BCUT2D eigenvalue weighted by molar-refractivity contribution is -0.143. The van der Waals surface area contributed by atoms with Crippen molar-refractivity contribution < 1.29 is 39.0 Å². The predicted octanol–water partition coefficient (Wildman–Crippen LogP) is -1.57.